The molecule has 6 nitrogen and oxygen atoms in total. The maximum atomic E-state index is 14.8. The molecule has 3 heterocycles. The number of aromatic hydroxyl groups is 1. The second-order valence-electron chi connectivity index (χ2n) is 9.32. The van der Waals surface area contributed by atoms with Crippen LogP contribution in [0.1, 0.15) is 48.2 Å². The normalized spacial score (nSPS) is 15.8. The molecule has 34 heavy (non-hydrogen) atoms. The number of pyridine rings is 1. The number of fused-ring (bicyclic) bond motifs is 1. The smallest absolute Gasteiger partial charge is 0.182 e. The first kappa shape index (κ1) is 22.5. The van der Waals surface area contributed by atoms with E-state index < -0.39 is 5.82 Å². The topological polar surface area (TPSA) is 77.1 Å². The molecule has 0 bridgehead atoms. The first-order valence-corrected chi connectivity index (χ1v) is 11.8. The van der Waals surface area contributed by atoms with Gasteiger partial charge in [-0.05, 0) is 47.7 Å². The molecule has 7 heteroatoms. The lowest BCUT2D eigenvalue weighted by Gasteiger charge is -2.36. The zero-order valence-electron chi connectivity index (χ0n) is 19.8. The monoisotopic (exact) mass is 459 g/mol. The van der Waals surface area contributed by atoms with Crippen LogP contribution < -0.4 is 5.32 Å². The predicted octanol–water partition coefficient (Wildman–Crippen LogP) is 4.90. The molecule has 1 atom stereocenters. The van der Waals surface area contributed by atoms with Gasteiger partial charge in [-0.1, -0.05) is 38.1 Å². The van der Waals surface area contributed by atoms with Gasteiger partial charge >= 0.3 is 0 Å². The van der Waals surface area contributed by atoms with Crippen LogP contribution >= 0.6 is 0 Å². The number of H-pyrrole nitrogens is 1. The quantitative estimate of drug-likeness (QED) is 0.396. The number of nitrogens with one attached hydrogen (secondary N) is 2. The zero-order chi connectivity index (χ0) is 23.8. The summed E-state index contributed by atoms with van der Waals surface area (Å²) in [6.07, 6.45) is 0. The minimum absolute atomic E-state index is 0.0240. The van der Waals surface area contributed by atoms with Crippen molar-refractivity contribution in [2.45, 2.75) is 32.7 Å². The van der Waals surface area contributed by atoms with E-state index in [2.05, 4.69) is 63.5 Å². The molecule has 176 valence electrons. The molecule has 0 spiro atoms. The summed E-state index contributed by atoms with van der Waals surface area (Å²) in [6.45, 7) is 10.0. The summed E-state index contributed by atoms with van der Waals surface area (Å²) in [7, 11) is 0. The van der Waals surface area contributed by atoms with Gasteiger partial charge in [0.15, 0.2) is 5.65 Å². The van der Waals surface area contributed by atoms with Crippen LogP contribution in [-0.2, 0) is 0 Å². The zero-order valence-corrected chi connectivity index (χ0v) is 19.8. The van der Waals surface area contributed by atoms with Crippen molar-refractivity contribution in [1.29, 1.82) is 0 Å². The summed E-state index contributed by atoms with van der Waals surface area (Å²) in [4.78, 5) is 7.15. The molecule has 1 aliphatic heterocycles. The molecule has 1 unspecified atom stereocenters. The van der Waals surface area contributed by atoms with Gasteiger partial charge in [0, 0.05) is 48.9 Å². The standard InChI is InChI=1S/C27H30FN5O/c1-16(2)18-4-6-19(7-5-18)26(33-12-10-29-11-13-33)22-15-24(21-9-8-20(34)14-23(21)28)30-27-25(22)17(3)31-32-27/h4-9,14-16,26,29,34H,10-13H2,1-3H3,(H,30,31,32). The summed E-state index contributed by atoms with van der Waals surface area (Å²) < 4.78 is 14.8. The van der Waals surface area contributed by atoms with Crippen LogP contribution in [0.4, 0.5) is 4.39 Å². The fourth-order valence-electron chi connectivity index (χ4n) is 4.86. The molecule has 5 rings (SSSR count). The number of halogens is 1. The number of aromatic amines is 1. The van der Waals surface area contributed by atoms with Crippen molar-refractivity contribution < 1.29 is 9.50 Å². The van der Waals surface area contributed by atoms with Crippen LogP contribution in [-0.4, -0.2) is 51.4 Å². The van der Waals surface area contributed by atoms with Gasteiger partial charge in [-0.2, -0.15) is 5.10 Å². The lowest BCUT2D eigenvalue weighted by atomic mass is 9.91. The van der Waals surface area contributed by atoms with Crippen molar-refractivity contribution in [3.05, 3.63) is 76.7 Å². The second kappa shape index (κ2) is 9.16. The summed E-state index contributed by atoms with van der Waals surface area (Å²) in [5, 5.41) is 21.6. The molecule has 2 aromatic carbocycles. The molecular formula is C27H30FN5O. The average molecular weight is 460 g/mol. The van der Waals surface area contributed by atoms with E-state index in [1.54, 1.807) is 6.07 Å². The number of piperazine rings is 1. The summed E-state index contributed by atoms with van der Waals surface area (Å²) in [6, 6.07) is 15.0. The summed E-state index contributed by atoms with van der Waals surface area (Å²) in [5.74, 6) is -0.160. The Balaban J connectivity index is 1.72. The average Bonchev–Trinajstić information content (AvgIpc) is 3.21. The highest BCUT2D eigenvalue weighted by molar-refractivity contribution is 5.85. The van der Waals surface area contributed by atoms with E-state index in [-0.39, 0.29) is 11.8 Å². The Labute approximate surface area is 198 Å². The van der Waals surface area contributed by atoms with Crippen LogP contribution in [0.3, 0.4) is 0 Å². The molecule has 0 saturated carbocycles. The Morgan fingerprint density at radius 3 is 2.38 bits per heavy atom. The maximum absolute atomic E-state index is 14.8. The molecule has 2 aromatic heterocycles. The Morgan fingerprint density at radius 1 is 1.00 bits per heavy atom. The van der Waals surface area contributed by atoms with Crippen molar-refractivity contribution in [2.75, 3.05) is 26.2 Å². The second-order valence-corrected chi connectivity index (χ2v) is 9.32. The van der Waals surface area contributed by atoms with E-state index in [0.717, 1.165) is 48.9 Å². The fourth-order valence-corrected chi connectivity index (χ4v) is 4.86. The van der Waals surface area contributed by atoms with Gasteiger partial charge in [-0.25, -0.2) is 9.37 Å². The largest absolute Gasteiger partial charge is 0.508 e. The number of benzene rings is 2. The van der Waals surface area contributed by atoms with E-state index in [0.29, 0.717) is 22.8 Å². The molecule has 0 amide bonds. The number of hydrogen-bond donors (Lipinski definition) is 3. The van der Waals surface area contributed by atoms with Crippen molar-refractivity contribution in [1.82, 2.24) is 25.4 Å². The minimum Gasteiger partial charge on any atom is -0.508 e. The molecule has 0 aliphatic carbocycles. The number of nitrogens with zero attached hydrogens (tertiary/aromatic N) is 3. The number of hydrogen-bond acceptors (Lipinski definition) is 5. The van der Waals surface area contributed by atoms with Crippen LogP contribution in [0.15, 0.2) is 48.5 Å². The lowest BCUT2D eigenvalue weighted by molar-refractivity contribution is 0.199. The van der Waals surface area contributed by atoms with Gasteiger partial charge in [-0.3, -0.25) is 10.00 Å². The third-order valence-corrected chi connectivity index (χ3v) is 6.69. The highest BCUT2D eigenvalue weighted by Crippen LogP contribution is 2.37. The van der Waals surface area contributed by atoms with Gasteiger partial charge in [0.2, 0.25) is 0 Å². The van der Waals surface area contributed by atoms with E-state index in [1.807, 2.05) is 13.0 Å². The predicted molar refractivity (Wildman–Crippen MR) is 133 cm³/mol. The van der Waals surface area contributed by atoms with E-state index >= 15 is 0 Å². The Hall–Kier alpha value is -3.29. The fraction of sp³-hybridized carbons (Fsp3) is 0.333. The number of rotatable bonds is 5. The van der Waals surface area contributed by atoms with Crippen LogP contribution in [0.25, 0.3) is 22.3 Å². The van der Waals surface area contributed by atoms with E-state index in [1.165, 1.54) is 17.2 Å². The van der Waals surface area contributed by atoms with Crippen LogP contribution in [0, 0.1) is 12.7 Å². The molecule has 1 aliphatic rings. The Bertz CT molecular complexity index is 1310. The maximum Gasteiger partial charge on any atom is 0.182 e. The van der Waals surface area contributed by atoms with Gasteiger partial charge in [0.1, 0.15) is 11.6 Å². The number of aromatic nitrogens is 3. The van der Waals surface area contributed by atoms with Gasteiger partial charge in [-0.15, -0.1) is 0 Å². The van der Waals surface area contributed by atoms with Crippen LogP contribution in [0.5, 0.6) is 5.75 Å². The highest BCUT2D eigenvalue weighted by Gasteiger charge is 2.28. The van der Waals surface area contributed by atoms with Crippen molar-refractivity contribution in [3.8, 4) is 17.0 Å². The third kappa shape index (κ3) is 4.17. The molecule has 0 radical (unpaired) electrons. The van der Waals surface area contributed by atoms with Gasteiger partial charge < -0.3 is 10.4 Å². The Morgan fingerprint density at radius 2 is 1.71 bits per heavy atom. The SMILES string of the molecule is Cc1[nH]nc2nc(-c3ccc(O)cc3F)cc(C(c3ccc(C(C)C)cc3)N3CCNCC3)c12. The molecule has 3 N–H and O–H groups in total. The van der Waals surface area contributed by atoms with E-state index in [4.69, 9.17) is 0 Å². The molecular weight excluding hydrogens is 429 g/mol. The van der Waals surface area contributed by atoms with Crippen molar-refractivity contribution in [2.24, 2.45) is 0 Å². The van der Waals surface area contributed by atoms with Gasteiger partial charge in [0.25, 0.3) is 0 Å². The number of phenols is 1. The van der Waals surface area contributed by atoms with Crippen LogP contribution in [0.2, 0.25) is 0 Å². The first-order chi connectivity index (χ1) is 16.4. The first-order valence-electron chi connectivity index (χ1n) is 11.8. The van der Waals surface area contributed by atoms with Crippen molar-refractivity contribution >= 4 is 11.0 Å². The summed E-state index contributed by atoms with van der Waals surface area (Å²) >= 11 is 0. The molecule has 1 fully saturated rings. The van der Waals surface area contributed by atoms with Crippen molar-refractivity contribution in [3.63, 3.8) is 0 Å². The molecule has 1 saturated heterocycles. The molecule has 4 aromatic rings. The number of aryl methyl sites for hydroxylation is 1. The lowest BCUT2D eigenvalue weighted by Crippen LogP contribution is -2.45. The summed E-state index contributed by atoms with van der Waals surface area (Å²) in [5.41, 5.74) is 5.90. The van der Waals surface area contributed by atoms with E-state index in [9.17, 15) is 9.50 Å². The highest BCUT2D eigenvalue weighted by atomic mass is 19.1. The third-order valence-electron chi connectivity index (χ3n) is 6.69. The Kier molecular flexibility index (Phi) is 6.06. The minimum atomic E-state index is -0.509. The number of phenolic OH excluding ortho intramolecular Hbond substituents is 1. The van der Waals surface area contributed by atoms with Gasteiger partial charge in [0.05, 0.1) is 11.7 Å².